The number of carbonyl (C=O) groups is 1. The van der Waals surface area contributed by atoms with Crippen LogP contribution in [0.2, 0.25) is 0 Å². The van der Waals surface area contributed by atoms with Crippen LogP contribution < -0.4 is 5.32 Å². The number of hydrogen-bond acceptors (Lipinski definition) is 3. The van der Waals surface area contributed by atoms with Crippen molar-refractivity contribution in [2.24, 2.45) is 0 Å². The van der Waals surface area contributed by atoms with Crippen molar-refractivity contribution >= 4 is 5.91 Å². The number of ether oxygens (including phenoxy) is 1. The zero-order chi connectivity index (χ0) is 15.6. The molecule has 2 heterocycles. The molecule has 2 saturated heterocycles. The second-order valence-electron chi connectivity index (χ2n) is 7.02. The van der Waals surface area contributed by atoms with Gasteiger partial charge in [-0.15, -0.1) is 0 Å². The molecule has 0 saturated carbocycles. The van der Waals surface area contributed by atoms with Crippen molar-refractivity contribution < 1.29 is 9.53 Å². The second-order valence-corrected chi connectivity index (χ2v) is 7.02. The Morgan fingerprint density at radius 1 is 1.36 bits per heavy atom. The molecule has 2 atom stereocenters. The van der Waals surface area contributed by atoms with E-state index in [4.69, 9.17) is 4.74 Å². The number of carbonyl (C=O) groups excluding carboxylic acids is 1. The van der Waals surface area contributed by atoms with E-state index in [0.717, 1.165) is 18.5 Å². The van der Waals surface area contributed by atoms with Gasteiger partial charge in [-0.3, -0.25) is 4.79 Å². The summed E-state index contributed by atoms with van der Waals surface area (Å²) >= 11 is 0. The Bertz CT molecular complexity index is 509. The third kappa shape index (κ3) is 3.33. The van der Waals surface area contributed by atoms with Crippen molar-refractivity contribution in [3.8, 4) is 0 Å². The Balaban J connectivity index is 1.70. The van der Waals surface area contributed by atoms with Gasteiger partial charge in [-0.25, -0.2) is 0 Å². The molecule has 2 aliphatic rings. The fourth-order valence-electron chi connectivity index (χ4n) is 3.41. The summed E-state index contributed by atoms with van der Waals surface area (Å²) < 4.78 is 6.02. The minimum Gasteiger partial charge on any atom is -0.369 e. The van der Waals surface area contributed by atoms with Crippen LogP contribution in [0.15, 0.2) is 30.3 Å². The lowest BCUT2D eigenvalue weighted by Crippen LogP contribution is -2.56. The number of nitrogens with one attached hydrogen (secondary N) is 1. The molecular weight excluding hydrogens is 276 g/mol. The number of rotatable bonds is 3. The average Bonchev–Trinajstić information content (AvgIpc) is 3.00. The summed E-state index contributed by atoms with van der Waals surface area (Å²) in [6, 6.07) is 10.5. The van der Waals surface area contributed by atoms with Crippen LogP contribution in [0.1, 0.15) is 44.8 Å². The Hall–Kier alpha value is -1.39. The molecule has 1 N–H and O–H groups in total. The van der Waals surface area contributed by atoms with Crippen molar-refractivity contribution in [1.29, 1.82) is 0 Å². The van der Waals surface area contributed by atoms with Gasteiger partial charge in [0, 0.05) is 12.5 Å². The van der Waals surface area contributed by atoms with Crippen LogP contribution in [0.4, 0.5) is 0 Å². The van der Waals surface area contributed by atoms with E-state index in [2.05, 4.69) is 31.3 Å². The molecule has 22 heavy (non-hydrogen) atoms. The van der Waals surface area contributed by atoms with Gasteiger partial charge in [-0.1, -0.05) is 30.3 Å². The van der Waals surface area contributed by atoms with Gasteiger partial charge in [0.15, 0.2) is 0 Å². The molecule has 0 aliphatic carbocycles. The van der Waals surface area contributed by atoms with Crippen molar-refractivity contribution in [2.45, 2.75) is 50.8 Å². The molecule has 1 aromatic carbocycles. The smallest absolute Gasteiger partial charge is 0.224 e. The SMILES string of the molecule is CC1(C)COC(c2ccccc2)CN1C(=O)CC1CCCN1. The first-order valence-electron chi connectivity index (χ1n) is 8.27. The van der Waals surface area contributed by atoms with Crippen molar-refractivity contribution in [3.05, 3.63) is 35.9 Å². The van der Waals surface area contributed by atoms with Crippen LogP contribution in [0.25, 0.3) is 0 Å². The van der Waals surface area contributed by atoms with Crippen molar-refractivity contribution in [2.75, 3.05) is 19.7 Å². The van der Waals surface area contributed by atoms with E-state index in [1.807, 2.05) is 23.1 Å². The lowest BCUT2D eigenvalue weighted by atomic mass is 9.97. The minimum atomic E-state index is -0.235. The third-order valence-corrected chi connectivity index (χ3v) is 4.77. The van der Waals surface area contributed by atoms with E-state index < -0.39 is 0 Å². The normalized spacial score (nSPS) is 27.8. The predicted octanol–water partition coefficient (Wildman–Crippen LogP) is 2.51. The highest BCUT2D eigenvalue weighted by atomic mass is 16.5. The first-order valence-corrected chi connectivity index (χ1v) is 8.27. The van der Waals surface area contributed by atoms with E-state index in [9.17, 15) is 4.79 Å². The molecule has 2 fully saturated rings. The highest BCUT2D eigenvalue weighted by molar-refractivity contribution is 5.78. The fourth-order valence-corrected chi connectivity index (χ4v) is 3.41. The highest BCUT2D eigenvalue weighted by Crippen LogP contribution is 2.31. The molecular formula is C18H26N2O2. The molecule has 0 aromatic heterocycles. The second kappa shape index (κ2) is 6.39. The van der Waals surface area contributed by atoms with Gasteiger partial charge < -0.3 is 15.0 Å². The zero-order valence-corrected chi connectivity index (χ0v) is 13.5. The molecule has 4 heteroatoms. The predicted molar refractivity (Wildman–Crippen MR) is 86.6 cm³/mol. The van der Waals surface area contributed by atoms with Gasteiger partial charge in [0.25, 0.3) is 0 Å². The Morgan fingerprint density at radius 3 is 2.82 bits per heavy atom. The summed E-state index contributed by atoms with van der Waals surface area (Å²) in [7, 11) is 0. The van der Waals surface area contributed by atoms with E-state index >= 15 is 0 Å². The maximum absolute atomic E-state index is 12.8. The monoisotopic (exact) mass is 302 g/mol. The lowest BCUT2D eigenvalue weighted by molar-refractivity contribution is -0.155. The highest BCUT2D eigenvalue weighted by Gasteiger charge is 2.39. The number of morpholine rings is 1. The van der Waals surface area contributed by atoms with Gasteiger partial charge in [-0.2, -0.15) is 0 Å². The summed E-state index contributed by atoms with van der Waals surface area (Å²) in [5.41, 5.74) is 0.913. The van der Waals surface area contributed by atoms with Crippen LogP contribution in [-0.4, -0.2) is 42.1 Å². The van der Waals surface area contributed by atoms with E-state index in [-0.39, 0.29) is 17.6 Å². The molecule has 1 amide bonds. The van der Waals surface area contributed by atoms with E-state index in [0.29, 0.717) is 25.6 Å². The number of amides is 1. The minimum absolute atomic E-state index is 0.0188. The van der Waals surface area contributed by atoms with Crippen molar-refractivity contribution in [3.63, 3.8) is 0 Å². The fraction of sp³-hybridized carbons (Fsp3) is 0.611. The zero-order valence-electron chi connectivity index (χ0n) is 13.5. The maximum atomic E-state index is 12.8. The molecule has 0 spiro atoms. The quantitative estimate of drug-likeness (QED) is 0.933. The maximum Gasteiger partial charge on any atom is 0.224 e. The molecule has 0 radical (unpaired) electrons. The van der Waals surface area contributed by atoms with Gasteiger partial charge >= 0.3 is 0 Å². The topological polar surface area (TPSA) is 41.6 Å². The first kappa shape index (κ1) is 15.5. The number of benzene rings is 1. The average molecular weight is 302 g/mol. The summed E-state index contributed by atoms with van der Waals surface area (Å²) in [6.45, 7) is 6.44. The molecule has 4 nitrogen and oxygen atoms in total. The Morgan fingerprint density at radius 2 is 2.14 bits per heavy atom. The van der Waals surface area contributed by atoms with Crippen LogP contribution in [0, 0.1) is 0 Å². The Labute approximate surface area is 132 Å². The first-order chi connectivity index (χ1) is 10.6. The van der Waals surface area contributed by atoms with Gasteiger partial charge in [0.05, 0.1) is 18.7 Å². The van der Waals surface area contributed by atoms with Gasteiger partial charge in [-0.05, 0) is 38.8 Å². The third-order valence-electron chi connectivity index (χ3n) is 4.77. The van der Waals surface area contributed by atoms with E-state index in [1.165, 1.54) is 6.42 Å². The van der Waals surface area contributed by atoms with E-state index in [1.54, 1.807) is 0 Å². The lowest BCUT2D eigenvalue weighted by Gasteiger charge is -2.45. The molecule has 3 rings (SSSR count). The molecule has 2 aliphatic heterocycles. The molecule has 2 unspecified atom stereocenters. The number of nitrogens with zero attached hydrogens (tertiary/aromatic N) is 1. The van der Waals surface area contributed by atoms with Crippen molar-refractivity contribution in [1.82, 2.24) is 10.2 Å². The summed E-state index contributed by atoms with van der Waals surface area (Å²) in [6.07, 6.45) is 2.87. The summed E-state index contributed by atoms with van der Waals surface area (Å²) in [5.74, 6) is 0.244. The van der Waals surface area contributed by atoms with Gasteiger partial charge in [0.1, 0.15) is 6.10 Å². The van der Waals surface area contributed by atoms with Crippen LogP contribution in [0.3, 0.4) is 0 Å². The standard InChI is InChI=1S/C18H26N2O2/c1-18(2)13-22-16(14-7-4-3-5-8-14)12-20(18)17(21)11-15-9-6-10-19-15/h3-5,7-8,15-16,19H,6,9-13H2,1-2H3. The van der Waals surface area contributed by atoms with Gasteiger partial charge in [0.2, 0.25) is 5.91 Å². The molecule has 120 valence electrons. The van der Waals surface area contributed by atoms with Crippen LogP contribution >= 0.6 is 0 Å². The molecule has 1 aromatic rings. The number of hydrogen-bond donors (Lipinski definition) is 1. The summed E-state index contributed by atoms with van der Waals surface area (Å²) in [5, 5.41) is 3.42. The Kier molecular flexibility index (Phi) is 4.50. The largest absolute Gasteiger partial charge is 0.369 e. The van der Waals surface area contributed by atoms with Crippen LogP contribution in [-0.2, 0) is 9.53 Å². The molecule has 0 bridgehead atoms. The van der Waals surface area contributed by atoms with Crippen LogP contribution in [0.5, 0.6) is 0 Å². The summed E-state index contributed by atoms with van der Waals surface area (Å²) in [4.78, 5) is 14.8.